The maximum absolute atomic E-state index is 11.8. The van der Waals surface area contributed by atoms with Gasteiger partial charge >= 0.3 is 5.63 Å². The molecule has 0 aliphatic rings. The summed E-state index contributed by atoms with van der Waals surface area (Å²) in [5.74, 6) is 0.869. The number of phenolic OH excluding ortho intramolecular Hbond substituents is 1. The van der Waals surface area contributed by atoms with Crippen LogP contribution < -0.4 is 10.4 Å². The topological polar surface area (TPSA) is 90.4 Å². The van der Waals surface area contributed by atoms with Gasteiger partial charge < -0.3 is 14.3 Å². The molecule has 7 heteroatoms. The molecule has 2 aromatic carbocycles. The van der Waals surface area contributed by atoms with Crippen LogP contribution in [0.1, 0.15) is 5.56 Å². The maximum Gasteiger partial charge on any atom is 0.336 e. The van der Waals surface area contributed by atoms with Crippen molar-refractivity contribution < 1.29 is 14.3 Å². The lowest BCUT2D eigenvalue weighted by Crippen LogP contribution is -2.06. The minimum Gasteiger partial charge on any atom is -0.508 e. The molecule has 26 heavy (non-hydrogen) atoms. The standard InChI is InChI=1S/C19H15N3O4/c1-25-15-5-2-12(3-6-15)17-11-22(21-20-17)10-13-8-19(24)26-18-7-4-14(23)9-16(13)18/h2-9,11,23H,10H2,1H3. The quantitative estimate of drug-likeness (QED) is 0.570. The summed E-state index contributed by atoms with van der Waals surface area (Å²) >= 11 is 0. The lowest BCUT2D eigenvalue weighted by molar-refractivity contribution is 0.415. The largest absolute Gasteiger partial charge is 0.508 e. The normalized spacial score (nSPS) is 11.0. The Hall–Kier alpha value is -3.61. The molecule has 0 unspecified atom stereocenters. The molecule has 4 rings (SSSR count). The van der Waals surface area contributed by atoms with E-state index in [0.717, 1.165) is 11.3 Å². The Morgan fingerprint density at radius 2 is 1.96 bits per heavy atom. The van der Waals surface area contributed by atoms with Crippen LogP contribution in [0, 0.1) is 0 Å². The molecule has 0 saturated heterocycles. The van der Waals surface area contributed by atoms with Gasteiger partial charge in [0.15, 0.2) is 0 Å². The third-order valence-corrected chi connectivity index (χ3v) is 4.07. The number of phenols is 1. The molecule has 0 amide bonds. The van der Waals surface area contributed by atoms with Gasteiger partial charge in [0.2, 0.25) is 0 Å². The van der Waals surface area contributed by atoms with Crippen molar-refractivity contribution in [3.63, 3.8) is 0 Å². The molecule has 1 N–H and O–H groups in total. The van der Waals surface area contributed by atoms with Crippen LogP contribution in [0.2, 0.25) is 0 Å². The van der Waals surface area contributed by atoms with Crippen LogP contribution in [0.5, 0.6) is 11.5 Å². The fourth-order valence-corrected chi connectivity index (χ4v) is 2.79. The number of benzene rings is 2. The summed E-state index contributed by atoms with van der Waals surface area (Å²) in [4.78, 5) is 11.8. The van der Waals surface area contributed by atoms with Crippen molar-refractivity contribution in [3.05, 3.63) is 70.7 Å². The second-order valence-corrected chi connectivity index (χ2v) is 5.80. The average Bonchev–Trinajstić information content (AvgIpc) is 3.11. The highest BCUT2D eigenvalue weighted by Gasteiger charge is 2.10. The van der Waals surface area contributed by atoms with Crippen molar-refractivity contribution in [3.8, 4) is 22.8 Å². The SMILES string of the molecule is COc1ccc(-c2cn(Cc3cc(=O)oc4ccc(O)cc34)nn2)cc1. The van der Waals surface area contributed by atoms with Gasteiger partial charge in [-0.3, -0.25) is 0 Å². The van der Waals surface area contributed by atoms with Gasteiger partial charge in [-0.2, -0.15) is 0 Å². The zero-order valence-electron chi connectivity index (χ0n) is 13.9. The molecule has 0 bridgehead atoms. The van der Waals surface area contributed by atoms with Gasteiger partial charge in [0.25, 0.3) is 0 Å². The smallest absolute Gasteiger partial charge is 0.336 e. The summed E-state index contributed by atoms with van der Waals surface area (Å²) in [6.07, 6.45) is 1.80. The van der Waals surface area contributed by atoms with Crippen LogP contribution in [-0.2, 0) is 6.54 Å². The predicted molar refractivity (Wildman–Crippen MR) is 95.3 cm³/mol. The van der Waals surface area contributed by atoms with Crippen LogP contribution in [-0.4, -0.2) is 27.2 Å². The number of hydrogen-bond donors (Lipinski definition) is 1. The first-order chi connectivity index (χ1) is 12.6. The number of ether oxygens (including phenoxy) is 1. The number of nitrogens with zero attached hydrogens (tertiary/aromatic N) is 3. The Balaban J connectivity index is 1.68. The first-order valence-corrected chi connectivity index (χ1v) is 7.93. The van der Waals surface area contributed by atoms with Crippen molar-refractivity contribution in [2.45, 2.75) is 6.54 Å². The van der Waals surface area contributed by atoms with E-state index in [1.165, 1.54) is 12.1 Å². The van der Waals surface area contributed by atoms with Gasteiger partial charge in [0.1, 0.15) is 22.8 Å². The highest BCUT2D eigenvalue weighted by molar-refractivity contribution is 5.81. The zero-order valence-corrected chi connectivity index (χ0v) is 13.9. The maximum atomic E-state index is 11.8. The first kappa shape index (κ1) is 15.9. The fraction of sp³-hybridized carbons (Fsp3) is 0.105. The summed E-state index contributed by atoms with van der Waals surface area (Å²) in [7, 11) is 1.61. The highest BCUT2D eigenvalue weighted by atomic mass is 16.5. The van der Waals surface area contributed by atoms with Crippen molar-refractivity contribution in [1.82, 2.24) is 15.0 Å². The second kappa shape index (κ2) is 6.36. The Kier molecular flexibility index (Phi) is 3.89. The molecule has 0 spiro atoms. The number of aromatic hydroxyl groups is 1. The minimum atomic E-state index is -0.450. The molecule has 0 fully saturated rings. The second-order valence-electron chi connectivity index (χ2n) is 5.80. The van der Waals surface area contributed by atoms with E-state index >= 15 is 0 Å². The Bertz CT molecular complexity index is 1130. The molecular formula is C19H15N3O4. The zero-order chi connectivity index (χ0) is 18.1. The summed E-state index contributed by atoms with van der Waals surface area (Å²) in [5, 5.41) is 18.7. The van der Waals surface area contributed by atoms with Gasteiger partial charge in [-0.15, -0.1) is 5.10 Å². The number of rotatable bonds is 4. The summed E-state index contributed by atoms with van der Waals surface area (Å²) < 4.78 is 12.0. The number of aromatic nitrogens is 3. The molecule has 0 aliphatic heterocycles. The number of hydrogen-bond acceptors (Lipinski definition) is 6. The van der Waals surface area contributed by atoms with Gasteiger partial charge in [-0.1, -0.05) is 5.21 Å². The Labute approximate surface area is 148 Å². The van der Waals surface area contributed by atoms with Crippen molar-refractivity contribution >= 4 is 11.0 Å². The van der Waals surface area contributed by atoms with Crippen LogP contribution in [0.3, 0.4) is 0 Å². The minimum absolute atomic E-state index is 0.102. The lowest BCUT2D eigenvalue weighted by Gasteiger charge is -2.05. The van der Waals surface area contributed by atoms with Crippen molar-refractivity contribution in [2.24, 2.45) is 0 Å². The van der Waals surface area contributed by atoms with Gasteiger partial charge in [-0.25, -0.2) is 9.48 Å². The van der Waals surface area contributed by atoms with Gasteiger partial charge in [0.05, 0.1) is 19.9 Å². The Morgan fingerprint density at radius 3 is 2.73 bits per heavy atom. The fourth-order valence-electron chi connectivity index (χ4n) is 2.79. The van der Waals surface area contributed by atoms with E-state index in [-0.39, 0.29) is 5.75 Å². The van der Waals surface area contributed by atoms with E-state index in [1.807, 2.05) is 24.3 Å². The molecule has 7 nitrogen and oxygen atoms in total. The first-order valence-electron chi connectivity index (χ1n) is 7.93. The molecule has 0 radical (unpaired) electrons. The van der Waals surface area contributed by atoms with Gasteiger partial charge in [-0.05, 0) is 48.0 Å². The summed E-state index contributed by atoms with van der Waals surface area (Å²) in [5.41, 5.74) is 2.28. The van der Waals surface area contributed by atoms with E-state index in [0.29, 0.717) is 28.8 Å². The van der Waals surface area contributed by atoms with E-state index in [2.05, 4.69) is 10.3 Å². The molecule has 4 aromatic rings. The van der Waals surface area contributed by atoms with E-state index < -0.39 is 5.63 Å². The molecule has 0 aliphatic carbocycles. The van der Waals surface area contributed by atoms with Crippen LogP contribution in [0.4, 0.5) is 0 Å². The Morgan fingerprint density at radius 1 is 1.15 bits per heavy atom. The van der Waals surface area contributed by atoms with Crippen molar-refractivity contribution in [1.29, 1.82) is 0 Å². The van der Waals surface area contributed by atoms with E-state index in [4.69, 9.17) is 9.15 Å². The number of methoxy groups -OCH3 is 1. The van der Waals surface area contributed by atoms with Crippen LogP contribution in [0.15, 0.2) is 63.9 Å². The molecular weight excluding hydrogens is 334 g/mol. The van der Waals surface area contributed by atoms with Crippen LogP contribution >= 0.6 is 0 Å². The molecule has 2 heterocycles. The molecule has 0 saturated carbocycles. The molecule has 0 atom stereocenters. The van der Waals surface area contributed by atoms with E-state index in [1.54, 1.807) is 30.1 Å². The number of fused-ring (bicyclic) bond motifs is 1. The third kappa shape index (κ3) is 3.02. The van der Waals surface area contributed by atoms with E-state index in [9.17, 15) is 9.90 Å². The third-order valence-electron chi connectivity index (χ3n) is 4.07. The summed E-state index contributed by atoms with van der Waals surface area (Å²) in [6.45, 7) is 0.328. The average molecular weight is 349 g/mol. The van der Waals surface area contributed by atoms with Crippen molar-refractivity contribution in [2.75, 3.05) is 7.11 Å². The molecule has 130 valence electrons. The lowest BCUT2D eigenvalue weighted by atomic mass is 10.1. The predicted octanol–water partition coefficient (Wildman–Crippen LogP) is 2.81. The van der Waals surface area contributed by atoms with Gasteiger partial charge in [0, 0.05) is 17.0 Å². The monoisotopic (exact) mass is 349 g/mol. The summed E-state index contributed by atoms with van der Waals surface area (Å²) in [6, 6.07) is 13.5. The molecule has 2 aromatic heterocycles. The highest BCUT2D eigenvalue weighted by Crippen LogP contribution is 2.24. The van der Waals surface area contributed by atoms with Crippen LogP contribution in [0.25, 0.3) is 22.2 Å².